The van der Waals surface area contributed by atoms with Crippen LogP contribution in [0.1, 0.15) is 28.4 Å². The molecule has 0 bridgehead atoms. The molecule has 2 aromatic carbocycles. The molecule has 1 N–H and O–H groups in total. The second-order valence-corrected chi connectivity index (χ2v) is 4.95. The number of rotatable bonds is 1. The van der Waals surface area contributed by atoms with Crippen molar-refractivity contribution >= 4 is 12.6 Å². The molecule has 22 heavy (non-hydrogen) atoms. The van der Waals surface area contributed by atoms with Crippen LogP contribution >= 0.6 is 0 Å². The Kier molecular flexibility index (Phi) is 3.43. The van der Waals surface area contributed by atoms with E-state index in [1.54, 1.807) is 6.07 Å². The Bertz CT molecular complexity index is 770. The Balaban J connectivity index is 2.07. The third kappa shape index (κ3) is 2.47. The van der Waals surface area contributed by atoms with Gasteiger partial charge in [0.2, 0.25) is 0 Å². The van der Waals surface area contributed by atoms with Crippen molar-refractivity contribution in [3.05, 3.63) is 64.7 Å². The summed E-state index contributed by atoms with van der Waals surface area (Å²) in [4.78, 5) is 0. The molecule has 1 atom stereocenters. The Hall–Kier alpha value is -2.30. The highest BCUT2D eigenvalue weighted by Crippen LogP contribution is 2.35. The fraction of sp³-hybridized carbons (Fsp3) is 0.133. The number of halogens is 3. The normalized spacial score (nSPS) is 17.2. The van der Waals surface area contributed by atoms with E-state index in [-0.39, 0.29) is 5.56 Å². The first-order valence-electron chi connectivity index (χ1n) is 6.45. The third-order valence-electron chi connectivity index (χ3n) is 3.55. The molecular weight excluding hydrogens is 294 g/mol. The van der Waals surface area contributed by atoms with E-state index >= 15 is 0 Å². The van der Waals surface area contributed by atoms with Crippen molar-refractivity contribution in [3.8, 4) is 6.07 Å². The summed E-state index contributed by atoms with van der Waals surface area (Å²) in [5, 5.41) is 18.8. The molecule has 1 aliphatic heterocycles. The van der Waals surface area contributed by atoms with E-state index in [2.05, 4.69) is 0 Å². The molecule has 0 spiro atoms. The van der Waals surface area contributed by atoms with Gasteiger partial charge in [-0.05, 0) is 40.9 Å². The number of fused-ring (bicyclic) bond motifs is 1. The van der Waals surface area contributed by atoms with E-state index in [4.69, 9.17) is 9.92 Å². The van der Waals surface area contributed by atoms with Crippen LogP contribution in [0.4, 0.5) is 13.2 Å². The molecule has 0 amide bonds. The highest BCUT2D eigenvalue weighted by Gasteiger charge is 2.37. The SMILES string of the molecule is N#Cc1ccc2c(c1)C(c1cccc(C(F)(F)F)c1)OB2O. The predicted molar refractivity (Wildman–Crippen MR) is 73.1 cm³/mol. The molecule has 3 rings (SSSR count). The van der Waals surface area contributed by atoms with Crippen molar-refractivity contribution in [3.63, 3.8) is 0 Å². The zero-order valence-electron chi connectivity index (χ0n) is 11.1. The zero-order valence-corrected chi connectivity index (χ0v) is 11.1. The summed E-state index contributed by atoms with van der Waals surface area (Å²) in [5.41, 5.74) is 0.816. The van der Waals surface area contributed by atoms with Crippen LogP contribution in [0.2, 0.25) is 0 Å². The summed E-state index contributed by atoms with van der Waals surface area (Å²) in [6, 6.07) is 11.3. The van der Waals surface area contributed by atoms with E-state index in [1.165, 1.54) is 24.3 Å². The summed E-state index contributed by atoms with van der Waals surface area (Å²) < 4.78 is 43.8. The maximum atomic E-state index is 12.8. The lowest BCUT2D eigenvalue weighted by Crippen LogP contribution is -2.27. The van der Waals surface area contributed by atoms with Gasteiger partial charge in [-0.1, -0.05) is 18.2 Å². The highest BCUT2D eigenvalue weighted by molar-refractivity contribution is 6.61. The van der Waals surface area contributed by atoms with Crippen LogP contribution in [-0.2, 0) is 10.8 Å². The molecule has 0 saturated carbocycles. The second kappa shape index (κ2) is 5.16. The standard InChI is InChI=1S/C15H9BF3NO2/c17-15(18,19)11-3-1-2-10(7-11)14-12-6-9(8-20)4-5-13(12)16(21)22-14/h1-7,14,21H. The molecule has 1 heterocycles. The van der Waals surface area contributed by atoms with E-state index < -0.39 is 25.0 Å². The first-order valence-corrected chi connectivity index (χ1v) is 6.45. The number of hydrogen-bond acceptors (Lipinski definition) is 3. The Morgan fingerprint density at radius 2 is 1.95 bits per heavy atom. The van der Waals surface area contributed by atoms with Crippen molar-refractivity contribution in [2.45, 2.75) is 12.3 Å². The van der Waals surface area contributed by atoms with Gasteiger partial charge in [-0.3, -0.25) is 0 Å². The minimum Gasteiger partial charge on any atom is -0.423 e. The van der Waals surface area contributed by atoms with Gasteiger partial charge in [-0.25, -0.2) is 0 Å². The minimum absolute atomic E-state index is 0.280. The molecule has 110 valence electrons. The van der Waals surface area contributed by atoms with Crippen molar-refractivity contribution in [1.29, 1.82) is 5.26 Å². The first-order chi connectivity index (χ1) is 10.4. The number of alkyl halides is 3. The average Bonchev–Trinajstić information content (AvgIpc) is 2.83. The molecular formula is C15H9BF3NO2. The van der Waals surface area contributed by atoms with Crippen LogP contribution in [0.5, 0.6) is 0 Å². The number of benzene rings is 2. The van der Waals surface area contributed by atoms with Crippen molar-refractivity contribution in [1.82, 2.24) is 0 Å². The predicted octanol–water partition coefficient (Wildman–Crippen LogP) is 2.38. The van der Waals surface area contributed by atoms with Gasteiger partial charge in [0.05, 0.1) is 23.3 Å². The summed E-state index contributed by atoms with van der Waals surface area (Å²) in [6.07, 6.45) is -5.29. The van der Waals surface area contributed by atoms with E-state index in [1.807, 2.05) is 6.07 Å². The molecule has 7 heteroatoms. The van der Waals surface area contributed by atoms with Gasteiger partial charge < -0.3 is 9.68 Å². The number of nitrogens with zero attached hydrogens (tertiary/aromatic N) is 1. The van der Waals surface area contributed by atoms with Gasteiger partial charge >= 0.3 is 13.3 Å². The largest absolute Gasteiger partial charge is 0.492 e. The van der Waals surface area contributed by atoms with Crippen molar-refractivity contribution in [2.75, 3.05) is 0 Å². The van der Waals surface area contributed by atoms with E-state index in [9.17, 15) is 18.2 Å². The lowest BCUT2D eigenvalue weighted by atomic mass is 9.78. The monoisotopic (exact) mass is 303 g/mol. The third-order valence-corrected chi connectivity index (χ3v) is 3.55. The lowest BCUT2D eigenvalue weighted by molar-refractivity contribution is -0.137. The van der Waals surface area contributed by atoms with Gasteiger partial charge in [0, 0.05) is 0 Å². The molecule has 0 radical (unpaired) electrons. The van der Waals surface area contributed by atoms with Crippen LogP contribution in [0, 0.1) is 11.3 Å². The van der Waals surface area contributed by atoms with Crippen LogP contribution in [0.25, 0.3) is 0 Å². The molecule has 1 unspecified atom stereocenters. The topological polar surface area (TPSA) is 53.2 Å². The highest BCUT2D eigenvalue weighted by atomic mass is 19.4. The molecule has 2 aromatic rings. The fourth-order valence-electron chi connectivity index (χ4n) is 2.51. The Morgan fingerprint density at radius 3 is 2.64 bits per heavy atom. The van der Waals surface area contributed by atoms with Gasteiger partial charge in [0.15, 0.2) is 0 Å². The van der Waals surface area contributed by atoms with Gasteiger partial charge in [-0.15, -0.1) is 0 Å². The summed E-state index contributed by atoms with van der Waals surface area (Å²) in [6.45, 7) is 0. The maximum Gasteiger partial charge on any atom is 0.492 e. The average molecular weight is 303 g/mol. The number of hydrogen-bond donors (Lipinski definition) is 1. The summed E-state index contributed by atoms with van der Waals surface area (Å²) in [7, 11) is -1.22. The molecule has 1 aliphatic rings. The van der Waals surface area contributed by atoms with E-state index in [0.29, 0.717) is 16.6 Å². The lowest BCUT2D eigenvalue weighted by Gasteiger charge is -2.15. The maximum absolute atomic E-state index is 12.8. The number of nitriles is 1. The Morgan fingerprint density at radius 1 is 1.18 bits per heavy atom. The first kappa shape index (κ1) is 14.6. The van der Waals surface area contributed by atoms with E-state index in [0.717, 1.165) is 12.1 Å². The smallest absolute Gasteiger partial charge is 0.423 e. The fourth-order valence-corrected chi connectivity index (χ4v) is 2.51. The molecule has 0 saturated heterocycles. The van der Waals surface area contributed by atoms with Crippen molar-refractivity contribution in [2.24, 2.45) is 0 Å². The van der Waals surface area contributed by atoms with Crippen LogP contribution < -0.4 is 5.46 Å². The quantitative estimate of drug-likeness (QED) is 0.823. The van der Waals surface area contributed by atoms with Crippen LogP contribution in [-0.4, -0.2) is 12.1 Å². The molecule has 3 nitrogen and oxygen atoms in total. The molecule has 0 aromatic heterocycles. The summed E-state index contributed by atoms with van der Waals surface area (Å²) in [5.74, 6) is 0. The van der Waals surface area contributed by atoms with Gasteiger partial charge in [0.1, 0.15) is 0 Å². The van der Waals surface area contributed by atoms with Crippen molar-refractivity contribution < 1.29 is 22.8 Å². The molecule has 0 aliphatic carbocycles. The van der Waals surface area contributed by atoms with Crippen LogP contribution in [0.15, 0.2) is 42.5 Å². The minimum atomic E-state index is -4.45. The zero-order chi connectivity index (χ0) is 15.9. The Labute approximate surface area is 124 Å². The second-order valence-electron chi connectivity index (χ2n) is 4.95. The van der Waals surface area contributed by atoms with Gasteiger partial charge in [-0.2, -0.15) is 18.4 Å². The molecule has 0 fully saturated rings. The van der Waals surface area contributed by atoms with Crippen LogP contribution in [0.3, 0.4) is 0 Å². The van der Waals surface area contributed by atoms with Gasteiger partial charge in [0.25, 0.3) is 0 Å². The summed E-state index contributed by atoms with van der Waals surface area (Å²) >= 11 is 0.